The van der Waals surface area contributed by atoms with Crippen LogP contribution in [-0.4, -0.2) is 54.4 Å². The van der Waals surface area contributed by atoms with E-state index in [1.807, 2.05) is 6.20 Å². The molecule has 0 radical (unpaired) electrons. The molecule has 6 heteroatoms. The second-order valence-corrected chi connectivity index (χ2v) is 7.98. The van der Waals surface area contributed by atoms with Crippen molar-refractivity contribution in [1.29, 1.82) is 0 Å². The molecule has 0 bridgehead atoms. The number of aryl methyl sites for hydroxylation is 1. The van der Waals surface area contributed by atoms with Crippen LogP contribution in [0.5, 0.6) is 0 Å². The van der Waals surface area contributed by atoms with E-state index in [2.05, 4.69) is 63.9 Å². The summed E-state index contributed by atoms with van der Waals surface area (Å²) in [5.41, 5.74) is 4.10. The highest BCUT2D eigenvalue weighted by atomic mass is 15.4. The molecule has 2 aliphatic rings. The third-order valence-corrected chi connectivity index (χ3v) is 6.12. The van der Waals surface area contributed by atoms with Crippen molar-refractivity contribution in [3.05, 3.63) is 35.5 Å². The van der Waals surface area contributed by atoms with Gasteiger partial charge in [0.2, 0.25) is 5.95 Å². The number of benzene rings is 1. The summed E-state index contributed by atoms with van der Waals surface area (Å²) in [6.45, 7) is 12.7. The largest absolute Gasteiger partial charge is 0.368 e. The van der Waals surface area contributed by atoms with Gasteiger partial charge in [0.1, 0.15) is 0 Å². The lowest BCUT2D eigenvalue weighted by atomic mass is 10.00. The first-order chi connectivity index (χ1) is 13.1. The normalized spacial score (nSPS) is 18.9. The molecule has 2 aromatic rings. The van der Waals surface area contributed by atoms with Crippen molar-refractivity contribution in [1.82, 2.24) is 15.2 Å². The van der Waals surface area contributed by atoms with Gasteiger partial charge in [-0.05, 0) is 49.8 Å². The Kier molecular flexibility index (Phi) is 5.14. The summed E-state index contributed by atoms with van der Waals surface area (Å²) in [7, 11) is 0. The molecule has 4 rings (SSSR count). The van der Waals surface area contributed by atoms with Crippen molar-refractivity contribution in [2.75, 3.05) is 54.0 Å². The van der Waals surface area contributed by atoms with Crippen molar-refractivity contribution in [3.63, 3.8) is 0 Å². The molecule has 2 aliphatic heterocycles. The number of rotatable bonds is 3. The zero-order valence-corrected chi connectivity index (χ0v) is 16.7. The Morgan fingerprint density at radius 3 is 2.33 bits per heavy atom. The molecule has 0 amide bonds. The van der Waals surface area contributed by atoms with Crippen molar-refractivity contribution in [2.45, 2.75) is 33.6 Å². The number of hydrogen-bond donors (Lipinski definition) is 0. The van der Waals surface area contributed by atoms with Crippen LogP contribution in [0.2, 0.25) is 0 Å². The number of aromatic nitrogens is 3. The average Bonchev–Trinajstić information content (AvgIpc) is 2.71. The Balaban J connectivity index is 1.42. The Bertz CT molecular complexity index is 776. The highest BCUT2D eigenvalue weighted by Crippen LogP contribution is 2.25. The summed E-state index contributed by atoms with van der Waals surface area (Å²) in [5, 5.41) is 8.54. The van der Waals surface area contributed by atoms with E-state index in [-0.39, 0.29) is 0 Å². The number of hydrogen-bond acceptors (Lipinski definition) is 6. The highest BCUT2D eigenvalue weighted by molar-refractivity contribution is 5.57. The first-order valence-corrected chi connectivity index (χ1v) is 10.1. The quantitative estimate of drug-likeness (QED) is 0.832. The molecule has 144 valence electrons. The van der Waals surface area contributed by atoms with Crippen LogP contribution in [0.1, 0.15) is 30.9 Å². The second-order valence-electron chi connectivity index (χ2n) is 7.98. The molecule has 1 aromatic heterocycles. The lowest BCUT2D eigenvalue weighted by Crippen LogP contribution is -2.47. The number of piperidine rings is 1. The maximum absolute atomic E-state index is 4.83. The SMILES string of the molecule is Cc1cccc(N2CCN(c3cnnc(N4CCC(C)CC4)n3)CC2)c1C. The van der Waals surface area contributed by atoms with Gasteiger partial charge >= 0.3 is 0 Å². The van der Waals surface area contributed by atoms with Crippen LogP contribution in [0.3, 0.4) is 0 Å². The van der Waals surface area contributed by atoms with E-state index in [4.69, 9.17) is 4.98 Å². The molecular formula is C21H30N6. The van der Waals surface area contributed by atoms with Crippen molar-refractivity contribution in [3.8, 4) is 0 Å². The first kappa shape index (κ1) is 18.0. The fourth-order valence-corrected chi connectivity index (χ4v) is 4.04. The molecule has 0 saturated carbocycles. The van der Waals surface area contributed by atoms with Gasteiger partial charge in [-0.1, -0.05) is 19.1 Å². The van der Waals surface area contributed by atoms with E-state index >= 15 is 0 Å². The number of piperazine rings is 1. The molecule has 0 N–H and O–H groups in total. The molecular weight excluding hydrogens is 336 g/mol. The molecule has 2 fully saturated rings. The standard InChI is InChI=1S/C21H30N6/c1-16-7-9-27(10-8-16)21-23-20(15-22-24-21)26-13-11-25(12-14-26)19-6-4-5-17(2)18(19)3/h4-6,15-16H,7-14H2,1-3H3. The Morgan fingerprint density at radius 2 is 1.59 bits per heavy atom. The van der Waals surface area contributed by atoms with E-state index in [0.29, 0.717) is 0 Å². The molecule has 1 aromatic carbocycles. The average molecular weight is 367 g/mol. The molecule has 3 heterocycles. The smallest absolute Gasteiger partial charge is 0.247 e. The van der Waals surface area contributed by atoms with E-state index in [9.17, 15) is 0 Å². The Morgan fingerprint density at radius 1 is 0.889 bits per heavy atom. The Labute approximate surface area is 162 Å². The lowest BCUT2D eigenvalue weighted by Gasteiger charge is -2.37. The predicted molar refractivity (Wildman–Crippen MR) is 111 cm³/mol. The zero-order chi connectivity index (χ0) is 18.8. The Hall–Kier alpha value is -2.37. The van der Waals surface area contributed by atoms with Crippen LogP contribution in [-0.2, 0) is 0 Å². The van der Waals surface area contributed by atoms with Gasteiger partial charge in [0.15, 0.2) is 5.82 Å². The van der Waals surface area contributed by atoms with Gasteiger partial charge in [-0.3, -0.25) is 0 Å². The third-order valence-electron chi connectivity index (χ3n) is 6.12. The highest BCUT2D eigenvalue weighted by Gasteiger charge is 2.22. The van der Waals surface area contributed by atoms with Gasteiger partial charge in [-0.25, -0.2) is 0 Å². The van der Waals surface area contributed by atoms with E-state index in [1.165, 1.54) is 29.7 Å². The molecule has 27 heavy (non-hydrogen) atoms. The van der Waals surface area contributed by atoms with Gasteiger partial charge in [0, 0.05) is 45.0 Å². The van der Waals surface area contributed by atoms with Crippen molar-refractivity contribution in [2.24, 2.45) is 5.92 Å². The minimum absolute atomic E-state index is 0.788. The van der Waals surface area contributed by atoms with E-state index in [0.717, 1.165) is 57.0 Å². The summed E-state index contributed by atoms with van der Waals surface area (Å²) < 4.78 is 0. The molecule has 0 spiro atoms. The van der Waals surface area contributed by atoms with Gasteiger partial charge in [-0.2, -0.15) is 10.1 Å². The summed E-state index contributed by atoms with van der Waals surface area (Å²) in [6.07, 6.45) is 4.23. The molecule has 0 unspecified atom stereocenters. The molecule has 2 saturated heterocycles. The topological polar surface area (TPSA) is 48.4 Å². The van der Waals surface area contributed by atoms with Gasteiger partial charge in [0.05, 0.1) is 6.20 Å². The van der Waals surface area contributed by atoms with Crippen LogP contribution in [0.15, 0.2) is 24.4 Å². The van der Waals surface area contributed by atoms with E-state index < -0.39 is 0 Å². The summed E-state index contributed by atoms with van der Waals surface area (Å²) >= 11 is 0. The number of nitrogens with zero attached hydrogens (tertiary/aromatic N) is 6. The lowest BCUT2D eigenvalue weighted by molar-refractivity contribution is 0.433. The minimum Gasteiger partial charge on any atom is -0.368 e. The summed E-state index contributed by atoms with van der Waals surface area (Å²) in [4.78, 5) is 11.9. The number of anilines is 3. The van der Waals surface area contributed by atoms with Gasteiger partial charge in [-0.15, -0.1) is 5.10 Å². The van der Waals surface area contributed by atoms with Crippen LogP contribution in [0.4, 0.5) is 17.5 Å². The fourth-order valence-electron chi connectivity index (χ4n) is 4.04. The van der Waals surface area contributed by atoms with Crippen molar-refractivity contribution < 1.29 is 0 Å². The van der Waals surface area contributed by atoms with E-state index in [1.54, 1.807) is 0 Å². The van der Waals surface area contributed by atoms with Crippen LogP contribution in [0.25, 0.3) is 0 Å². The molecule has 0 aliphatic carbocycles. The molecule has 0 atom stereocenters. The summed E-state index contributed by atoms with van der Waals surface area (Å²) in [5.74, 6) is 2.55. The molecule has 6 nitrogen and oxygen atoms in total. The predicted octanol–water partition coefficient (Wildman–Crippen LogP) is 3.05. The third kappa shape index (κ3) is 3.84. The second kappa shape index (κ2) is 7.71. The van der Waals surface area contributed by atoms with Crippen LogP contribution >= 0.6 is 0 Å². The van der Waals surface area contributed by atoms with Crippen molar-refractivity contribution >= 4 is 17.5 Å². The van der Waals surface area contributed by atoms with Gasteiger partial charge in [0.25, 0.3) is 0 Å². The maximum Gasteiger partial charge on any atom is 0.247 e. The zero-order valence-electron chi connectivity index (χ0n) is 16.7. The first-order valence-electron chi connectivity index (χ1n) is 10.1. The summed E-state index contributed by atoms with van der Waals surface area (Å²) in [6, 6.07) is 6.58. The fraction of sp³-hybridized carbons (Fsp3) is 0.571. The van der Waals surface area contributed by atoms with Gasteiger partial charge < -0.3 is 14.7 Å². The minimum atomic E-state index is 0.788. The monoisotopic (exact) mass is 366 g/mol. The maximum atomic E-state index is 4.83. The van der Waals surface area contributed by atoms with Crippen LogP contribution in [0, 0.1) is 19.8 Å². The van der Waals surface area contributed by atoms with Crippen LogP contribution < -0.4 is 14.7 Å².